The van der Waals surface area contributed by atoms with E-state index in [9.17, 15) is 5.11 Å². The van der Waals surface area contributed by atoms with E-state index < -0.39 is 6.10 Å². The molecule has 0 saturated heterocycles. The third-order valence-electron chi connectivity index (χ3n) is 3.70. The van der Waals surface area contributed by atoms with Crippen LogP contribution in [0.5, 0.6) is 11.5 Å². The maximum Gasteiger partial charge on any atom is 0.231 e. The minimum Gasteiger partial charge on any atom is -0.454 e. The van der Waals surface area contributed by atoms with Gasteiger partial charge in [0.2, 0.25) is 6.79 Å². The normalized spacial score (nSPS) is 13.8. The molecule has 0 radical (unpaired) electrons. The van der Waals surface area contributed by atoms with Crippen LogP contribution in [-0.2, 0) is 11.3 Å². The van der Waals surface area contributed by atoms with Crippen molar-refractivity contribution in [1.82, 2.24) is 0 Å². The van der Waals surface area contributed by atoms with Crippen molar-refractivity contribution >= 4 is 5.69 Å². The summed E-state index contributed by atoms with van der Waals surface area (Å²) < 4.78 is 16.2. The van der Waals surface area contributed by atoms with Crippen molar-refractivity contribution < 1.29 is 19.3 Å². The molecule has 1 aliphatic rings. The van der Waals surface area contributed by atoms with Crippen molar-refractivity contribution in [2.24, 2.45) is 0 Å². The number of nitrogens with zero attached hydrogens (tertiary/aromatic N) is 1. The summed E-state index contributed by atoms with van der Waals surface area (Å²) in [6, 6.07) is 15.7. The van der Waals surface area contributed by atoms with Crippen LogP contribution < -0.4 is 14.4 Å². The molecular weight excluding hydrogens is 294 g/mol. The highest BCUT2D eigenvalue weighted by Crippen LogP contribution is 2.32. The van der Waals surface area contributed by atoms with Crippen molar-refractivity contribution in [1.29, 1.82) is 0 Å². The fraction of sp³-hybridized carbons (Fsp3) is 0.333. The maximum atomic E-state index is 10.1. The number of para-hydroxylation sites is 1. The van der Waals surface area contributed by atoms with Gasteiger partial charge < -0.3 is 24.2 Å². The van der Waals surface area contributed by atoms with Crippen LogP contribution >= 0.6 is 0 Å². The lowest BCUT2D eigenvalue weighted by molar-refractivity contribution is 0.0324. The molecule has 1 aliphatic heterocycles. The van der Waals surface area contributed by atoms with Gasteiger partial charge in [0.1, 0.15) is 0 Å². The van der Waals surface area contributed by atoms with Gasteiger partial charge in [0, 0.05) is 19.3 Å². The van der Waals surface area contributed by atoms with Gasteiger partial charge in [-0.1, -0.05) is 24.3 Å². The van der Waals surface area contributed by atoms with Crippen LogP contribution in [0.15, 0.2) is 48.5 Å². The van der Waals surface area contributed by atoms with E-state index in [1.807, 2.05) is 60.5 Å². The highest BCUT2D eigenvalue weighted by Gasteiger charge is 2.14. The molecule has 0 aromatic heterocycles. The molecule has 0 saturated carbocycles. The summed E-state index contributed by atoms with van der Waals surface area (Å²) in [4.78, 5) is 2.01. The molecule has 0 aliphatic carbocycles. The maximum absolute atomic E-state index is 10.1. The Balaban J connectivity index is 1.43. The van der Waals surface area contributed by atoms with Crippen molar-refractivity contribution in [3.63, 3.8) is 0 Å². The molecule has 1 unspecified atom stereocenters. The number of benzene rings is 2. The molecule has 1 heterocycles. The van der Waals surface area contributed by atoms with Crippen molar-refractivity contribution in [3.8, 4) is 11.5 Å². The fourth-order valence-electron chi connectivity index (χ4n) is 2.50. The largest absolute Gasteiger partial charge is 0.454 e. The number of hydrogen-bond acceptors (Lipinski definition) is 5. The van der Waals surface area contributed by atoms with E-state index >= 15 is 0 Å². The zero-order valence-electron chi connectivity index (χ0n) is 13.1. The molecule has 2 aromatic carbocycles. The summed E-state index contributed by atoms with van der Waals surface area (Å²) in [5, 5.41) is 10.1. The Bertz CT molecular complexity index is 632. The second-order valence-electron chi connectivity index (χ2n) is 5.57. The van der Waals surface area contributed by atoms with Crippen LogP contribution in [0.25, 0.3) is 0 Å². The molecule has 1 atom stereocenters. The van der Waals surface area contributed by atoms with E-state index in [1.165, 1.54) is 0 Å². The van der Waals surface area contributed by atoms with E-state index in [-0.39, 0.29) is 13.4 Å². The number of rotatable bonds is 7. The molecule has 2 aromatic rings. The Hall–Kier alpha value is -2.24. The number of hydrogen-bond donors (Lipinski definition) is 1. The van der Waals surface area contributed by atoms with Crippen molar-refractivity contribution in [3.05, 3.63) is 54.1 Å². The lowest BCUT2D eigenvalue weighted by Crippen LogP contribution is -2.32. The molecule has 3 rings (SSSR count). The molecule has 5 heteroatoms. The summed E-state index contributed by atoms with van der Waals surface area (Å²) >= 11 is 0. The number of anilines is 1. The van der Waals surface area contributed by atoms with Gasteiger partial charge in [0.05, 0.1) is 19.3 Å². The first-order valence-electron chi connectivity index (χ1n) is 7.63. The smallest absolute Gasteiger partial charge is 0.231 e. The van der Waals surface area contributed by atoms with Gasteiger partial charge in [-0.15, -0.1) is 0 Å². The zero-order valence-corrected chi connectivity index (χ0v) is 13.1. The lowest BCUT2D eigenvalue weighted by atomic mass is 10.2. The first kappa shape index (κ1) is 15.6. The third kappa shape index (κ3) is 4.15. The van der Waals surface area contributed by atoms with Crippen LogP contribution in [0.2, 0.25) is 0 Å². The van der Waals surface area contributed by atoms with E-state index in [2.05, 4.69) is 0 Å². The molecule has 23 heavy (non-hydrogen) atoms. The molecule has 1 N–H and O–H groups in total. The fourth-order valence-corrected chi connectivity index (χ4v) is 2.50. The summed E-state index contributed by atoms with van der Waals surface area (Å²) in [7, 11) is 1.95. The number of ether oxygens (including phenoxy) is 3. The average Bonchev–Trinajstić information content (AvgIpc) is 3.03. The Kier molecular flexibility index (Phi) is 5.00. The Morgan fingerprint density at radius 3 is 2.74 bits per heavy atom. The van der Waals surface area contributed by atoms with Crippen molar-refractivity contribution in [2.75, 3.05) is 31.9 Å². The SMILES string of the molecule is CN(CC(O)COCc1ccc2c(c1)OCO2)c1ccccc1. The molecule has 0 fully saturated rings. The molecule has 5 nitrogen and oxygen atoms in total. The van der Waals surface area contributed by atoms with Crippen LogP contribution in [0, 0.1) is 0 Å². The quantitative estimate of drug-likeness (QED) is 0.850. The molecule has 0 amide bonds. The lowest BCUT2D eigenvalue weighted by Gasteiger charge is -2.22. The number of fused-ring (bicyclic) bond motifs is 1. The van der Waals surface area contributed by atoms with Crippen LogP contribution in [0.1, 0.15) is 5.56 Å². The van der Waals surface area contributed by atoms with Gasteiger partial charge in [0.25, 0.3) is 0 Å². The average molecular weight is 315 g/mol. The Morgan fingerprint density at radius 2 is 1.91 bits per heavy atom. The summed E-state index contributed by atoms with van der Waals surface area (Å²) in [5.74, 6) is 1.51. The predicted octanol–water partition coefficient (Wildman–Crippen LogP) is 2.43. The van der Waals surface area contributed by atoms with Crippen LogP contribution in [0.3, 0.4) is 0 Å². The van der Waals surface area contributed by atoms with E-state index in [4.69, 9.17) is 14.2 Å². The second-order valence-corrected chi connectivity index (χ2v) is 5.57. The highest BCUT2D eigenvalue weighted by molar-refractivity contribution is 5.45. The molecule has 0 bridgehead atoms. The van der Waals surface area contributed by atoms with Gasteiger partial charge in [-0.3, -0.25) is 0 Å². The third-order valence-corrected chi connectivity index (χ3v) is 3.70. The first-order valence-corrected chi connectivity index (χ1v) is 7.63. The first-order chi connectivity index (χ1) is 11.2. The molecule has 122 valence electrons. The topological polar surface area (TPSA) is 51.2 Å². The minimum atomic E-state index is -0.547. The van der Waals surface area contributed by atoms with Crippen LogP contribution in [0.4, 0.5) is 5.69 Å². The molecule has 0 spiro atoms. The van der Waals surface area contributed by atoms with Crippen LogP contribution in [-0.4, -0.2) is 38.2 Å². The van der Waals surface area contributed by atoms with Crippen molar-refractivity contribution in [2.45, 2.75) is 12.7 Å². The van der Waals surface area contributed by atoms with E-state index in [1.54, 1.807) is 0 Å². The van der Waals surface area contributed by atoms with Gasteiger partial charge in [-0.05, 0) is 29.8 Å². The summed E-state index contributed by atoms with van der Waals surface area (Å²) in [5.41, 5.74) is 2.07. The van der Waals surface area contributed by atoms with Gasteiger partial charge in [-0.2, -0.15) is 0 Å². The predicted molar refractivity (Wildman–Crippen MR) is 87.9 cm³/mol. The van der Waals surface area contributed by atoms with E-state index in [0.29, 0.717) is 13.2 Å². The second kappa shape index (κ2) is 7.35. The Morgan fingerprint density at radius 1 is 1.13 bits per heavy atom. The van der Waals surface area contributed by atoms with Gasteiger partial charge >= 0.3 is 0 Å². The van der Waals surface area contributed by atoms with Gasteiger partial charge in [0.15, 0.2) is 11.5 Å². The standard InChI is InChI=1S/C18H21NO4/c1-19(15-5-3-2-4-6-15)10-16(20)12-21-11-14-7-8-17-18(9-14)23-13-22-17/h2-9,16,20H,10-13H2,1H3. The summed E-state index contributed by atoms with van der Waals surface area (Å²) in [6.45, 7) is 1.50. The number of aliphatic hydroxyl groups excluding tert-OH is 1. The van der Waals surface area contributed by atoms with E-state index in [0.717, 1.165) is 22.7 Å². The number of likely N-dealkylation sites (N-methyl/N-ethyl adjacent to an activating group) is 1. The Labute approximate surface area is 136 Å². The minimum absolute atomic E-state index is 0.268. The monoisotopic (exact) mass is 315 g/mol. The number of aliphatic hydroxyl groups is 1. The zero-order chi connectivity index (χ0) is 16.1. The highest BCUT2D eigenvalue weighted by atomic mass is 16.7. The molecular formula is C18H21NO4. The van der Waals surface area contributed by atoms with Gasteiger partial charge in [-0.25, -0.2) is 0 Å². The summed E-state index contributed by atoms with van der Waals surface area (Å²) in [6.07, 6.45) is -0.547.